The van der Waals surface area contributed by atoms with Gasteiger partial charge >= 0.3 is 6.09 Å². The summed E-state index contributed by atoms with van der Waals surface area (Å²) < 4.78 is 13.9. The summed E-state index contributed by atoms with van der Waals surface area (Å²) in [6.07, 6.45) is 4.25. The van der Waals surface area contributed by atoms with Crippen molar-refractivity contribution in [2.75, 3.05) is 0 Å². The lowest BCUT2D eigenvalue weighted by Gasteiger charge is -2.19. The molecule has 0 amide bonds. The van der Waals surface area contributed by atoms with E-state index >= 15 is 0 Å². The number of imidazole rings is 1. The van der Waals surface area contributed by atoms with Crippen LogP contribution < -0.4 is 4.74 Å². The van der Waals surface area contributed by atoms with Crippen LogP contribution in [0.4, 0.5) is 4.79 Å². The van der Waals surface area contributed by atoms with E-state index in [0.717, 1.165) is 5.56 Å². The molecule has 2 heterocycles. The predicted molar refractivity (Wildman–Crippen MR) is 94.6 cm³/mol. The SMILES string of the molecule is Cn1cnc(COc2ccc(-c3cn(C(=O)OC(C)(C)C)cn3)cc2)n1. The molecule has 0 aliphatic carbocycles. The highest BCUT2D eigenvalue weighted by Crippen LogP contribution is 2.21. The largest absolute Gasteiger partial charge is 0.486 e. The molecule has 0 aliphatic rings. The predicted octanol–water partition coefficient (Wildman–Crippen LogP) is 3.04. The number of carbonyl (C=O) groups excluding carboxylic acids is 1. The zero-order valence-corrected chi connectivity index (χ0v) is 15.2. The first-order valence-electron chi connectivity index (χ1n) is 8.15. The summed E-state index contributed by atoms with van der Waals surface area (Å²) in [6, 6.07) is 7.43. The molecule has 8 heteroatoms. The van der Waals surface area contributed by atoms with Gasteiger partial charge in [-0.1, -0.05) is 0 Å². The average Bonchev–Trinajstić information content (AvgIpc) is 3.21. The first-order valence-corrected chi connectivity index (χ1v) is 8.15. The number of aryl methyl sites for hydroxylation is 1. The van der Waals surface area contributed by atoms with E-state index in [1.807, 2.05) is 52.1 Å². The van der Waals surface area contributed by atoms with Gasteiger partial charge in [-0.05, 0) is 45.0 Å². The molecular formula is C18H21N5O3. The number of rotatable bonds is 4. The van der Waals surface area contributed by atoms with Crippen molar-refractivity contribution in [2.45, 2.75) is 33.0 Å². The van der Waals surface area contributed by atoms with Gasteiger partial charge in [0.15, 0.2) is 5.82 Å². The van der Waals surface area contributed by atoms with E-state index in [1.54, 1.807) is 17.2 Å². The van der Waals surface area contributed by atoms with E-state index in [0.29, 0.717) is 23.9 Å². The van der Waals surface area contributed by atoms with Gasteiger partial charge in [-0.3, -0.25) is 4.68 Å². The number of hydrogen-bond donors (Lipinski definition) is 0. The Balaban J connectivity index is 1.64. The number of nitrogens with zero attached hydrogens (tertiary/aromatic N) is 5. The van der Waals surface area contributed by atoms with Crippen LogP contribution in [0.3, 0.4) is 0 Å². The Kier molecular flexibility index (Phi) is 4.75. The molecular weight excluding hydrogens is 334 g/mol. The van der Waals surface area contributed by atoms with Crippen molar-refractivity contribution >= 4 is 6.09 Å². The normalized spacial score (nSPS) is 11.4. The van der Waals surface area contributed by atoms with E-state index in [2.05, 4.69) is 15.1 Å². The number of hydrogen-bond acceptors (Lipinski definition) is 6. The van der Waals surface area contributed by atoms with Crippen LogP contribution in [-0.2, 0) is 18.4 Å². The maximum atomic E-state index is 12.0. The third-order valence-electron chi connectivity index (χ3n) is 3.35. The van der Waals surface area contributed by atoms with Crippen molar-refractivity contribution in [1.29, 1.82) is 0 Å². The minimum Gasteiger partial charge on any atom is -0.486 e. The molecule has 0 aliphatic heterocycles. The Labute approximate surface area is 151 Å². The summed E-state index contributed by atoms with van der Waals surface area (Å²) in [5, 5.41) is 4.16. The quantitative estimate of drug-likeness (QED) is 0.715. The maximum absolute atomic E-state index is 12.0. The molecule has 3 rings (SSSR count). The summed E-state index contributed by atoms with van der Waals surface area (Å²) in [5.74, 6) is 1.32. The van der Waals surface area contributed by atoms with Crippen LogP contribution in [0.25, 0.3) is 11.3 Å². The summed E-state index contributed by atoms with van der Waals surface area (Å²) in [7, 11) is 1.81. The fourth-order valence-electron chi connectivity index (χ4n) is 2.21. The van der Waals surface area contributed by atoms with Gasteiger partial charge in [0, 0.05) is 18.8 Å². The van der Waals surface area contributed by atoms with Crippen molar-refractivity contribution in [3.05, 3.63) is 48.9 Å². The molecule has 3 aromatic rings. The van der Waals surface area contributed by atoms with Crippen LogP contribution in [-0.4, -0.2) is 36.0 Å². The van der Waals surface area contributed by atoms with Gasteiger partial charge in [0.1, 0.15) is 30.6 Å². The van der Waals surface area contributed by atoms with Crippen LogP contribution >= 0.6 is 0 Å². The molecule has 0 saturated heterocycles. The zero-order valence-electron chi connectivity index (χ0n) is 15.2. The number of benzene rings is 1. The lowest BCUT2D eigenvalue weighted by atomic mass is 10.2. The molecule has 0 radical (unpaired) electrons. The molecule has 0 bridgehead atoms. The average molecular weight is 355 g/mol. The van der Waals surface area contributed by atoms with Crippen LogP contribution in [0.1, 0.15) is 26.6 Å². The Morgan fingerprint density at radius 3 is 2.46 bits per heavy atom. The van der Waals surface area contributed by atoms with Gasteiger partial charge in [-0.25, -0.2) is 19.3 Å². The van der Waals surface area contributed by atoms with Crippen molar-refractivity contribution in [3.8, 4) is 17.0 Å². The molecule has 8 nitrogen and oxygen atoms in total. The second kappa shape index (κ2) is 6.99. The topological polar surface area (TPSA) is 84.1 Å². The molecule has 0 saturated carbocycles. The molecule has 0 unspecified atom stereocenters. The monoisotopic (exact) mass is 355 g/mol. The standard InChI is InChI=1S/C18H21N5O3/c1-18(2,3)26-17(24)23-9-15(19-12-23)13-5-7-14(8-6-13)25-10-16-20-11-22(4)21-16/h5-9,11-12H,10H2,1-4H3. The third-order valence-corrected chi connectivity index (χ3v) is 3.35. The Bertz CT molecular complexity index is 890. The minimum atomic E-state index is -0.553. The molecule has 136 valence electrons. The summed E-state index contributed by atoms with van der Waals surface area (Å²) in [6.45, 7) is 5.76. The number of carbonyl (C=O) groups is 1. The van der Waals surface area contributed by atoms with Crippen molar-refractivity contribution in [3.63, 3.8) is 0 Å². The van der Waals surface area contributed by atoms with E-state index in [4.69, 9.17) is 9.47 Å². The van der Waals surface area contributed by atoms with Gasteiger partial charge in [-0.2, -0.15) is 5.10 Å². The molecule has 26 heavy (non-hydrogen) atoms. The van der Waals surface area contributed by atoms with Gasteiger partial charge in [0.05, 0.1) is 5.69 Å². The number of ether oxygens (including phenoxy) is 2. The van der Waals surface area contributed by atoms with Crippen LogP contribution in [0.2, 0.25) is 0 Å². The fourth-order valence-corrected chi connectivity index (χ4v) is 2.21. The van der Waals surface area contributed by atoms with Crippen LogP contribution in [0.5, 0.6) is 5.75 Å². The van der Waals surface area contributed by atoms with E-state index < -0.39 is 11.7 Å². The summed E-state index contributed by atoms with van der Waals surface area (Å²) >= 11 is 0. The van der Waals surface area contributed by atoms with Gasteiger partial charge < -0.3 is 9.47 Å². The van der Waals surface area contributed by atoms with E-state index in [-0.39, 0.29) is 0 Å². The highest BCUT2D eigenvalue weighted by molar-refractivity contribution is 5.72. The summed E-state index contributed by atoms with van der Waals surface area (Å²) in [4.78, 5) is 20.4. The smallest absolute Gasteiger partial charge is 0.419 e. The molecule has 0 spiro atoms. The maximum Gasteiger partial charge on any atom is 0.419 e. The fraction of sp³-hybridized carbons (Fsp3) is 0.333. The molecule has 0 N–H and O–H groups in total. The second-order valence-corrected chi connectivity index (χ2v) is 6.79. The molecule has 0 fully saturated rings. The van der Waals surface area contributed by atoms with Crippen LogP contribution in [0, 0.1) is 0 Å². The first kappa shape index (κ1) is 17.7. The molecule has 2 aromatic heterocycles. The van der Waals surface area contributed by atoms with Gasteiger partial charge in [0.2, 0.25) is 0 Å². The Morgan fingerprint density at radius 2 is 1.85 bits per heavy atom. The highest BCUT2D eigenvalue weighted by atomic mass is 16.6. The third kappa shape index (κ3) is 4.47. The highest BCUT2D eigenvalue weighted by Gasteiger charge is 2.18. The Hall–Kier alpha value is -3.16. The van der Waals surface area contributed by atoms with Crippen molar-refractivity contribution in [2.24, 2.45) is 7.05 Å². The lowest BCUT2D eigenvalue weighted by Crippen LogP contribution is -2.26. The number of aromatic nitrogens is 5. The van der Waals surface area contributed by atoms with Crippen molar-refractivity contribution < 1.29 is 14.3 Å². The van der Waals surface area contributed by atoms with Crippen LogP contribution in [0.15, 0.2) is 43.1 Å². The minimum absolute atomic E-state index is 0.299. The zero-order chi connectivity index (χ0) is 18.7. The van der Waals surface area contributed by atoms with E-state index in [1.165, 1.54) is 10.9 Å². The lowest BCUT2D eigenvalue weighted by molar-refractivity contribution is 0.0536. The first-order chi connectivity index (χ1) is 12.3. The Morgan fingerprint density at radius 1 is 1.12 bits per heavy atom. The van der Waals surface area contributed by atoms with E-state index in [9.17, 15) is 4.79 Å². The van der Waals surface area contributed by atoms with Crippen molar-refractivity contribution in [1.82, 2.24) is 24.3 Å². The summed E-state index contributed by atoms with van der Waals surface area (Å²) in [5.41, 5.74) is 0.993. The van der Waals surface area contributed by atoms with Gasteiger partial charge in [-0.15, -0.1) is 0 Å². The van der Waals surface area contributed by atoms with Gasteiger partial charge in [0.25, 0.3) is 0 Å². The second-order valence-electron chi connectivity index (χ2n) is 6.79. The molecule has 0 atom stereocenters. The molecule has 1 aromatic carbocycles.